The predicted octanol–water partition coefficient (Wildman–Crippen LogP) is 2.88. The summed E-state index contributed by atoms with van der Waals surface area (Å²) in [5.74, 6) is -0.0260. The molecule has 3 heterocycles. The van der Waals surface area contributed by atoms with Gasteiger partial charge >= 0.3 is 0 Å². The van der Waals surface area contributed by atoms with Gasteiger partial charge in [0.25, 0.3) is 5.91 Å². The summed E-state index contributed by atoms with van der Waals surface area (Å²) in [6.45, 7) is 1.64. The van der Waals surface area contributed by atoms with Gasteiger partial charge in [-0.2, -0.15) is 0 Å². The molecule has 5 rings (SSSR count). The van der Waals surface area contributed by atoms with Gasteiger partial charge < -0.3 is 4.74 Å². The van der Waals surface area contributed by atoms with Crippen LogP contribution in [0, 0.1) is 5.92 Å². The summed E-state index contributed by atoms with van der Waals surface area (Å²) in [6.07, 6.45) is 0.983. The third kappa shape index (κ3) is 2.49. The van der Waals surface area contributed by atoms with E-state index >= 15 is 0 Å². The molecule has 3 fully saturated rings. The zero-order chi connectivity index (χ0) is 19.4. The molecule has 7 heteroatoms. The number of hydrogen-bond acceptors (Lipinski definition) is 5. The van der Waals surface area contributed by atoms with E-state index in [1.165, 1.54) is 4.90 Å². The van der Waals surface area contributed by atoms with Crippen molar-refractivity contribution >= 4 is 29.1 Å². The lowest BCUT2D eigenvalue weighted by Gasteiger charge is -2.29. The summed E-state index contributed by atoms with van der Waals surface area (Å²) >= 11 is 6.06. The number of imide groups is 1. The van der Waals surface area contributed by atoms with Crippen molar-refractivity contribution in [1.82, 2.24) is 10.0 Å². The number of hydrazine groups is 1. The minimum atomic E-state index is -0.447. The molecule has 6 nitrogen and oxygen atoms in total. The number of rotatable bonds is 3. The molecule has 28 heavy (non-hydrogen) atoms. The highest BCUT2D eigenvalue weighted by Gasteiger charge is 2.62. The van der Waals surface area contributed by atoms with Crippen LogP contribution in [-0.2, 0) is 9.59 Å². The van der Waals surface area contributed by atoms with Crippen LogP contribution >= 0.6 is 11.6 Å². The Labute approximate surface area is 168 Å². The van der Waals surface area contributed by atoms with Gasteiger partial charge in [-0.15, -0.1) is 0 Å². The van der Waals surface area contributed by atoms with Crippen molar-refractivity contribution in [3.05, 3.63) is 59.1 Å². The number of fused-ring (bicyclic) bond motifs is 3. The van der Waals surface area contributed by atoms with E-state index in [0.29, 0.717) is 16.5 Å². The number of methoxy groups -OCH3 is 1. The van der Waals surface area contributed by atoms with Crippen LogP contribution in [0.1, 0.15) is 18.0 Å². The van der Waals surface area contributed by atoms with Crippen LogP contribution in [0.5, 0.6) is 5.75 Å². The summed E-state index contributed by atoms with van der Waals surface area (Å²) in [5, 5.41) is 4.94. The monoisotopic (exact) mass is 397 g/mol. The van der Waals surface area contributed by atoms with E-state index in [4.69, 9.17) is 16.3 Å². The van der Waals surface area contributed by atoms with E-state index in [1.807, 2.05) is 24.3 Å². The average molecular weight is 398 g/mol. The van der Waals surface area contributed by atoms with E-state index in [0.717, 1.165) is 25.1 Å². The van der Waals surface area contributed by atoms with Crippen molar-refractivity contribution in [2.24, 2.45) is 5.92 Å². The minimum absolute atomic E-state index is 0.144. The molecule has 0 radical (unpaired) electrons. The highest BCUT2D eigenvalue weighted by Crippen LogP contribution is 2.49. The van der Waals surface area contributed by atoms with E-state index < -0.39 is 12.0 Å². The number of carbonyl (C=O) groups excluding carboxylic acids is 2. The molecule has 3 aliphatic heterocycles. The Kier molecular flexibility index (Phi) is 4.16. The first-order valence-electron chi connectivity index (χ1n) is 9.40. The van der Waals surface area contributed by atoms with Crippen molar-refractivity contribution in [2.75, 3.05) is 25.1 Å². The molecule has 0 bridgehead atoms. The average Bonchev–Trinajstić information content (AvgIpc) is 3.35. The summed E-state index contributed by atoms with van der Waals surface area (Å²) in [6, 6.07) is 14.1. The zero-order valence-corrected chi connectivity index (χ0v) is 16.2. The normalized spacial score (nSPS) is 27.4. The van der Waals surface area contributed by atoms with Gasteiger partial charge in [0.05, 0.1) is 24.8 Å². The molecule has 144 valence electrons. The molecule has 2 amide bonds. The maximum atomic E-state index is 13.4. The molecule has 0 N–H and O–H groups in total. The maximum Gasteiger partial charge on any atom is 0.253 e. The standard InChI is InChI=1S/C21H20ClN3O3/c1-28-16-9-7-15(8-10-16)25-20(26)17-18(13-3-5-14(22)6-4-13)23-11-2-12-24(23)19(17)21(25)27/h3-10,17-19H,2,11-12H2,1H3/t17-,18-,19+/m1/s1. The van der Waals surface area contributed by atoms with Gasteiger partial charge in [-0.3, -0.25) is 9.59 Å². The van der Waals surface area contributed by atoms with Gasteiger partial charge in [-0.1, -0.05) is 23.7 Å². The summed E-state index contributed by atoms with van der Waals surface area (Å²) in [5.41, 5.74) is 1.60. The van der Waals surface area contributed by atoms with E-state index in [9.17, 15) is 9.59 Å². The van der Waals surface area contributed by atoms with Crippen molar-refractivity contribution < 1.29 is 14.3 Å². The number of amides is 2. The third-order valence-electron chi connectivity index (χ3n) is 5.95. The molecule has 0 aromatic heterocycles. The lowest BCUT2D eigenvalue weighted by molar-refractivity contribution is -0.126. The fraction of sp³-hybridized carbons (Fsp3) is 0.333. The number of hydrogen-bond donors (Lipinski definition) is 0. The van der Waals surface area contributed by atoms with Crippen LogP contribution in [0.15, 0.2) is 48.5 Å². The molecule has 0 spiro atoms. The Morgan fingerprint density at radius 1 is 0.893 bits per heavy atom. The van der Waals surface area contributed by atoms with Gasteiger partial charge in [0.1, 0.15) is 11.8 Å². The third-order valence-corrected chi connectivity index (χ3v) is 6.20. The number of ether oxygens (including phenoxy) is 1. The Morgan fingerprint density at radius 2 is 1.54 bits per heavy atom. The number of benzene rings is 2. The highest BCUT2D eigenvalue weighted by molar-refractivity contribution is 6.30. The van der Waals surface area contributed by atoms with Gasteiger partial charge in [0, 0.05) is 18.1 Å². The molecule has 3 saturated heterocycles. The fourth-order valence-electron chi connectivity index (χ4n) is 4.76. The number of anilines is 1. The van der Waals surface area contributed by atoms with Gasteiger partial charge in [0.15, 0.2) is 0 Å². The van der Waals surface area contributed by atoms with Gasteiger partial charge in [-0.05, 0) is 48.4 Å². The quantitative estimate of drug-likeness (QED) is 0.745. The van der Waals surface area contributed by atoms with Crippen LogP contribution in [0.2, 0.25) is 5.02 Å². The zero-order valence-electron chi connectivity index (χ0n) is 15.4. The Hall–Kier alpha value is -2.41. The Bertz CT molecular complexity index is 931. The van der Waals surface area contributed by atoms with Crippen LogP contribution in [0.25, 0.3) is 0 Å². The smallest absolute Gasteiger partial charge is 0.253 e. The second-order valence-corrected chi connectivity index (χ2v) is 7.79. The van der Waals surface area contributed by atoms with Crippen molar-refractivity contribution in [3.63, 3.8) is 0 Å². The van der Waals surface area contributed by atoms with Crippen molar-refractivity contribution in [3.8, 4) is 5.75 Å². The molecule has 0 saturated carbocycles. The maximum absolute atomic E-state index is 13.4. The fourth-order valence-corrected chi connectivity index (χ4v) is 4.89. The first-order valence-corrected chi connectivity index (χ1v) is 9.78. The Morgan fingerprint density at radius 3 is 2.18 bits per heavy atom. The summed E-state index contributed by atoms with van der Waals surface area (Å²) < 4.78 is 5.19. The topological polar surface area (TPSA) is 53.1 Å². The first kappa shape index (κ1) is 17.7. The molecule has 2 aromatic rings. The second-order valence-electron chi connectivity index (χ2n) is 7.36. The Balaban J connectivity index is 1.55. The van der Waals surface area contributed by atoms with Crippen LogP contribution in [0.3, 0.4) is 0 Å². The highest BCUT2D eigenvalue weighted by atomic mass is 35.5. The van der Waals surface area contributed by atoms with E-state index in [-0.39, 0.29) is 17.9 Å². The second kappa shape index (κ2) is 6.58. The van der Waals surface area contributed by atoms with Crippen molar-refractivity contribution in [2.45, 2.75) is 18.5 Å². The summed E-state index contributed by atoms with van der Waals surface area (Å²) in [7, 11) is 1.59. The largest absolute Gasteiger partial charge is 0.497 e. The molecule has 3 aliphatic rings. The number of carbonyl (C=O) groups is 2. The molecule has 0 unspecified atom stereocenters. The lowest BCUT2D eigenvalue weighted by atomic mass is 9.90. The van der Waals surface area contributed by atoms with Crippen LogP contribution in [-0.4, -0.2) is 48.1 Å². The molecular weight excluding hydrogens is 378 g/mol. The predicted molar refractivity (Wildman–Crippen MR) is 105 cm³/mol. The SMILES string of the molecule is COc1ccc(N2C(=O)[C@H]3[C@@H](C2=O)N2CCCN2[C@@H]3c2ccc(Cl)cc2)cc1. The van der Waals surface area contributed by atoms with E-state index in [2.05, 4.69) is 10.0 Å². The van der Waals surface area contributed by atoms with Crippen LogP contribution < -0.4 is 9.64 Å². The molecule has 2 aromatic carbocycles. The van der Waals surface area contributed by atoms with Gasteiger partial charge in [0.2, 0.25) is 5.91 Å². The molecule has 0 aliphatic carbocycles. The number of halogens is 1. The minimum Gasteiger partial charge on any atom is -0.497 e. The van der Waals surface area contributed by atoms with E-state index in [1.54, 1.807) is 31.4 Å². The molecular formula is C21H20ClN3O3. The van der Waals surface area contributed by atoms with Crippen molar-refractivity contribution in [1.29, 1.82) is 0 Å². The van der Waals surface area contributed by atoms with Crippen LogP contribution in [0.4, 0.5) is 5.69 Å². The number of nitrogens with zero attached hydrogens (tertiary/aromatic N) is 3. The lowest BCUT2D eigenvalue weighted by Crippen LogP contribution is -2.44. The summed E-state index contributed by atoms with van der Waals surface area (Å²) in [4.78, 5) is 28.1. The van der Waals surface area contributed by atoms with Gasteiger partial charge in [-0.25, -0.2) is 14.9 Å². The first-order chi connectivity index (χ1) is 13.6. The molecule has 3 atom stereocenters.